The molecule has 3 aromatic rings. The minimum atomic E-state index is 0.0308. The molecule has 0 aromatic carbocycles. The normalized spacial score (nSPS) is 18.7. The van der Waals surface area contributed by atoms with Crippen LogP contribution in [0, 0.1) is 0 Å². The van der Waals surface area contributed by atoms with Gasteiger partial charge in [0, 0.05) is 18.8 Å². The van der Waals surface area contributed by atoms with Crippen molar-refractivity contribution in [3.8, 4) is 0 Å². The number of hydrogen-bond donors (Lipinski definition) is 0. The maximum Gasteiger partial charge on any atom is 0.266 e. The highest BCUT2D eigenvalue weighted by Gasteiger charge is 2.30. The average Bonchev–Trinajstić information content (AvgIpc) is 3.24. The SMILES string of the molecule is O=C(c1cncs1)N1CCCC[C@@H]1c1ccn2nccc2n1. The third-order valence-electron chi connectivity index (χ3n) is 4.03. The lowest BCUT2D eigenvalue weighted by molar-refractivity contribution is 0.0611. The quantitative estimate of drug-likeness (QED) is 0.729. The topological polar surface area (TPSA) is 63.4 Å². The summed E-state index contributed by atoms with van der Waals surface area (Å²) in [5, 5.41) is 4.17. The van der Waals surface area contributed by atoms with Crippen LogP contribution in [0.3, 0.4) is 0 Å². The molecule has 6 nitrogen and oxygen atoms in total. The minimum Gasteiger partial charge on any atom is -0.329 e. The molecule has 1 amide bonds. The fraction of sp³-hybridized carbons (Fsp3) is 0.333. The van der Waals surface area contributed by atoms with Crippen LogP contribution in [0.2, 0.25) is 0 Å². The van der Waals surface area contributed by atoms with Crippen LogP contribution < -0.4 is 0 Å². The summed E-state index contributed by atoms with van der Waals surface area (Å²) >= 11 is 1.39. The average molecular weight is 313 g/mol. The number of amides is 1. The van der Waals surface area contributed by atoms with Gasteiger partial charge in [-0.3, -0.25) is 9.78 Å². The van der Waals surface area contributed by atoms with E-state index in [1.807, 2.05) is 23.2 Å². The van der Waals surface area contributed by atoms with Crippen LogP contribution in [0.25, 0.3) is 5.65 Å². The molecule has 0 bridgehead atoms. The lowest BCUT2D eigenvalue weighted by Gasteiger charge is -2.35. The van der Waals surface area contributed by atoms with E-state index < -0.39 is 0 Å². The van der Waals surface area contributed by atoms with Gasteiger partial charge in [0.25, 0.3) is 5.91 Å². The first kappa shape index (κ1) is 13.4. The van der Waals surface area contributed by atoms with Crippen molar-refractivity contribution in [1.29, 1.82) is 0 Å². The summed E-state index contributed by atoms with van der Waals surface area (Å²) in [6.45, 7) is 0.771. The van der Waals surface area contributed by atoms with E-state index in [4.69, 9.17) is 0 Å². The van der Waals surface area contributed by atoms with E-state index in [1.54, 1.807) is 22.4 Å². The largest absolute Gasteiger partial charge is 0.329 e. The van der Waals surface area contributed by atoms with Gasteiger partial charge in [-0.25, -0.2) is 9.50 Å². The summed E-state index contributed by atoms with van der Waals surface area (Å²) in [6, 6.07) is 3.87. The highest BCUT2D eigenvalue weighted by atomic mass is 32.1. The summed E-state index contributed by atoms with van der Waals surface area (Å²) < 4.78 is 1.74. The Morgan fingerprint density at radius 3 is 3.14 bits per heavy atom. The van der Waals surface area contributed by atoms with E-state index in [0.717, 1.165) is 37.1 Å². The molecule has 1 atom stereocenters. The van der Waals surface area contributed by atoms with Crippen LogP contribution in [-0.4, -0.2) is 36.9 Å². The predicted octanol–water partition coefficient (Wildman–Crippen LogP) is 2.55. The van der Waals surface area contributed by atoms with Crippen LogP contribution in [-0.2, 0) is 0 Å². The summed E-state index contributed by atoms with van der Waals surface area (Å²) in [4.78, 5) is 24.0. The predicted molar refractivity (Wildman–Crippen MR) is 82.7 cm³/mol. The van der Waals surface area contributed by atoms with Crippen LogP contribution >= 0.6 is 11.3 Å². The number of hydrogen-bond acceptors (Lipinski definition) is 5. The van der Waals surface area contributed by atoms with Crippen molar-refractivity contribution in [2.45, 2.75) is 25.3 Å². The molecular weight excluding hydrogens is 298 g/mol. The smallest absolute Gasteiger partial charge is 0.266 e. The first-order chi connectivity index (χ1) is 10.8. The van der Waals surface area contributed by atoms with Crippen LogP contribution in [0.15, 0.2) is 36.2 Å². The van der Waals surface area contributed by atoms with Gasteiger partial charge in [0.1, 0.15) is 4.88 Å². The fourth-order valence-electron chi connectivity index (χ4n) is 2.96. The zero-order valence-electron chi connectivity index (χ0n) is 11.9. The van der Waals surface area contributed by atoms with Crippen LogP contribution in [0.4, 0.5) is 0 Å². The molecule has 1 aliphatic rings. The molecule has 0 saturated carbocycles. The van der Waals surface area contributed by atoms with Crippen molar-refractivity contribution in [1.82, 2.24) is 24.5 Å². The summed E-state index contributed by atoms with van der Waals surface area (Å²) in [7, 11) is 0. The molecule has 0 radical (unpaired) electrons. The summed E-state index contributed by atoms with van der Waals surface area (Å²) in [6.07, 6.45) is 8.38. The van der Waals surface area contributed by atoms with E-state index >= 15 is 0 Å². The Bertz CT molecular complexity index is 797. The lowest BCUT2D eigenvalue weighted by atomic mass is 9.99. The number of aromatic nitrogens is 4. The Kier molecular flexibility index (Phi) is 3.34. The molecule has 1 fully saturated rings. The van der Waals surface area contributed by atoms with Gasteiger partial charge in [-0.15, -0.1) is 11.3 Å². The number of rotatable bonds is 2. The van der Waals surface area contributed by atoms with Gasteiger partial charge in [0.15, 0.2) is 5.65 Å². The third-order valence-corrected chi connectivity index (χ3v) is 4.79. The first-order valence-corrected chi connectivity index (χ1v) is 8.20. The zero-order chi connectivity index (χ0) is 14.9. The Morgan fingerprint density at radius 2 is 2.27 bits per heavy atom. The van der Waals surface area contributed by atoms with Gasteiger partial charge < -0.3 is 4.90 Å². The van der Waals surface area contributed by atoms with Gasteiger partial charge in [-0.05, 0) is 25.3 Å². The van der Waals surface area contributed by atoms with Gasteiger partial charge in [-0.2, -0.15) is 5.10 Å². The molecular formula is C15H15N5OS. The van der Waals surface area contributed by atoms with Crippen molar-refractivity contribution in [3.63, 3.8) is 0 Å². The van der Waals surface area contributed by atoms with E-state index in [1.165, 1.54) is 11.3 Å². The summed E-state index contributed by atoms with van der Waals surface area (Å²) in [5.74, 6) is 0.0578. The number of thiazole rings is 1. The number of likely N-dealkylation sites (tertiary alicyclic amines) is 1. The molecule has 0 aliphatic carbocycles. The van der Waals surface area contributed by atoms with Crippen molar-refractivity contribution >= 4 is 22.9 Å². The summed E-state index contributed by atoms with van der Waals surface area (Å²) in [5.41, 5.74) is 3.45. The van der Waals surface area contributed by atoms with Gasteiger partial charge in [0.2, 0.25) is 0 Å². The third kappa shape index (κ3) is 2.27. The second kappa shape index (κ2) is 5.49. The Hall–Kier alpha value is -2.28. The Labute approximate surface area is 131 Å². The zero-order valence-corrected chi connectivity index (χ0v) is 12.7. The molecule has 112 valence electrons. The molecule has 7 heteroatoms. The van der Waals surface area contributed by atoms with Crippen molar-refractivity contribution in [2.24, 2.45) is 0 Å². The van der Waals surface area contributed by atoms with Crippen molar-refractivity contribution in [2.75, 3.05) is 6.54 Å². The lowest BCUT2D eigenvalue weighted by Crippen LogP contribution is -2.38. The van der Waals surface area contributed by atoms with Gasteiger partial charge in [-0.1, -0.05) is 0 Å². The number of carbonyl (C=O) groups excluding carboxylic acids is 1. The minimum absolute atomic E-state index is 0.0308. The number of fused-ring (bicyclic) bond motifs is 1. The molecule has 22 heavy (non-hydrogen) atoms. The molecule has 3 aromatic heterocycles. The molecule has 4 rings (SSSR count). The van der Waals surface area contributed by atoms with E-state index in [-0.39, 0.29) is 11.9 Å². The molecule has 0 N–H and O–H groups in total. The Morgan fingerprint density at radius 1 is 1.32 bits per heavy atom. The molecule has 1 aliphatic heterocycles. The van der Waals surface area contributed by atoms with Crippen molar-refractivity contribution < 1.29 is 4.79 Å². The van der Waals surface area contributed by atoms with E-state index in [9.17, 15) is 4.79 Å². The van der Waals surface area contributed by atoms with Crippen molar-refractivity contribution in [3.05, 3.63) is 46.8 Å². The molecule has 0 unspecified atom stereocenters. The number of carbonyl (C=O) groups is 1. The van der Waals surface area contributed by atoms with E-state index in [2.05, 4.69) is 15.1 Å². The van der Waals surface area contributed by atoms with Crippen LogP contribution in [0.5, 0.6) is 0 Å². The second-order valence-electron chi connectivity index (χ2n) is 5.36. The van der Waals surface area contributed by atoms with Crippen LogP contribution in [0.1, 0.15) is 40.7 Å². The standard InChI is InChI=1S/C15H15N5OS/c21-15(13-9-16-10-22-13)19-7-2-1-3-12(19)11-5-8-20-14(18-11)4-6-17-20/h4-6,8-10,12H,1-3,7H2/t12-/m1/s1. The maximum absolute atomic E-state index is 12.7. The van der Waals surface area contributed by atoms with E-state index in [0.29, 0.717) is 4.88 Å². The number of piperidine rings is 1. The monoisotopic (exact) mass is 313 g/mol. The molecule has 1 saturated heterocycles. The maximum atomic E-state index is 12.7. The number of nitrogens with zero attached hydrogens (tertiary/aromatic N) is 5. The van der Waals surface area contributed by atoms with Gasteiger partial charge in [0.05, 0.1) is 29.6 Å². The first-order valence-electron chi connectivity index (χ1n) is 7.33. The van der Waals surface area contributed by atoms with Gasteiger partial charge >= 0.3 is 0 Å². The molecule has 4 heterocycles. The highest BCUT2D eigenvalue weighted by molar-refractivity contribution is 7.11. The second-order valence-corrected chi connectivity index (χ2v) is 6.25. The fourth-order valence-corrected chi connectivity index (χ4v) is 3.53. The molecule has 0 spiro atoms. The Balaban J connectivity index is 1.69. The highest BCUT2D eigenvalue weighted by Crippen LogP contribution is 2.31.